The SMILES string of the molecule is O=C(OCN1C(=O)c2ccccc2C1=O)c1ccc(OCC2CCCO2)cc1. The molecule has 2 amide bonds. The van der Waals surface area contributed by atoms with Gasteiger partial charge in [0.15, 0.2) is 6.73 Å². The average molecular weight is 381 g/mol. The number of nitrogens with zero attached hydrogens (tertiary/aromatic N) is 1. The Bertz CT molecular complexity index is 866. The molecule has 2 heterocycles. The first-order valence-electron chi connectivity index (χ1n) is 9.10. The summed E-state index contributed by atoms with van der Waals surface area (Å²) in [6.07, 6.45) is 2.15. The van der Waals surface area contributed by atoms with Gasteiger partial charge in [-0.2, -0.15) is 0 Å². The van der Waals surface area contributed by atoms with E-state index in [2.05, 4.69) is 0 Å². The summed E-state index contributed by atoms with van der Waals surface area (Å²) in [5, 5.41) is 0. The van der Waals surface area contributed by atoms with Gasteiger partial charge in [0.05, 0.1) is 22.8 Å². The van der Waals surface area contributed by atoms with Crippen molar-refractivity contribution in [2.75, 3.05) is 19.9 Å². The van der Waals surface area contributed by atoms with Crippen LogP contribution in [0.2, 0.25) is 0 Å². The van der Waals surface area contributed by atoms with E-state index in [4.69, 9.17) is 14.2 Å². The molecule has 0 aromatic heterocycles. The van der Waals surface area contributed by atoms with Crippen molar-refractivity contribution in [2.24, 2.45) is 0 Å². The van der Waals surface area contributed by atoms with Gasteiger partial charge >= 0.3 is 5.97 Å². The number of fused-ring (bicyclic) bond motifs is 1. The van der Waals surface area contributed by atoms with Crippen LogP contribution in [0.15, 0.2) is 48.5 Å². The fourth-order valence-electron chi connectivity index (χ4n) is 3.22. The van der Waals surface area contributed by atoms with Crippen LogP contribution in [0.5, 0.6) is 5.75 Å². The lowest BCUT2D eigenvalue weighted by Crippen LogP contribution is -2.33. The Hall–Kier alpha value is -3.19. The van der Waals surface area contributed by atoms with Crippen molar-refractivity contribution >= 4 is 17.8 Å². The predicted octanol–water partition coefficient (Wildman–Crippen LogP) is 2.65. The van der Waals surface area contributed by atoms with Gasteiger partial charge in [-0.25, -0.2) is 9.69 Å². The third kappa shape index (κ3) is 3.61. The highest BCUT2D eigenvalue weighted by Crippen LogP contribution is 2.22. The number of carbonyl (C=O) groups excluding carboxylic acids is 3. The monoisotopic (exact) mass is 381 g/mol. The highest BCUT2D eigenvalue weighted by molar-refractivity contribution is 6.21. The minimum absolute atomic E-state index is 0.115. The number of hydrogen-bond acceptors (Lipinski definition) is 6. The van der Waals surface area contributed by atoms with Crippen LogP contribution in [0, 0.1) is 0 Å². The van der Waals surface area contributed by atoms with Crippen LogP contribution in [-0.2, 0) is 9.47 Å². The first-order valence-corrected chi connectivity index (χ1v) is 9.10. The molecule has 1 saturated heterocycles. The van der Waals surface area contributed by atoms with Crippen LogP contribution in [0.1, 0.15) is 43.9 Å². The van der Waals surface area contributed by atoms with Crippen molar-refractivity contribution in [1.82, 2.24) is 4.90 Å². The molecular weight excluding hydrogens is 362 g/mol. The summed E-state index contributed by atoms with van der Waals surface area (Å²) in [4.78, 5) is 37.7. The predicted molar refractivity (Wildman–Crippen MR) is 98.1 cm³/mol. The van der Waals surface area contributed by atoms with Crippen molar-refractivity contribution in [3.63, 3.8) is 0 Å². The van der Waals surface area contributed by atoms with Gasteiger partial charge in [-0.05, 0) is 49.2 Å². The Morgan fingerprint density at radius 2 is 1.71 bits per heavy atom. The van der Waals surface area contributed by atoms with Crippen LogP contribution in [-0.4, -0.2) is 48.7 Å². The maximum atomic E-state index is 12.3. The van der Waals surface area contributed by atoms with Crippen LogP contribution >= 0.6 is 0 Å². The van der Waals surface area contributed by atoms with Crippen molar-refractivity contribution in [3.05, 3.63) is 65.2 Å². The van der Waals surface area contributed by atoms with E-state index in [-0.39, 0.29) is 6.10 Å². The molecule has 0 N–H and O–H groups in total. The van der Waals surface area contributed by atoms with Crippen LogP contribution in [0.4, 0.5) is 0 Å². The van der Waals surface area contributed by atoms with Crippen LogP contribution in [0.3, 0.4) is 0 Å². The van der Waals surface area contributed by atoms with Gasteiger partial charge in [0, 0.05) is 6.61 Å². The van der Waals surface area contributed by atoms with Crippen molar-refractivity contribution in [1.29, 1.82) is 0 Å². The molecule has 1 unspecified atom stereocenters. The van der Waals surface area contributed by atoms with E-state index in [9.17, 15) is 14.4 Å². The maximum Gasteiger partial charge on any atom is 0.339 e. The second kappa shape index (κ2) is 7.82. The molecule has 7 nitrogen and oxygen atoms in total. The first kappa shape index (κ1) is 18.2. The van der Waals surface area contributed by atoms with E-state index in [0.29, 0.717) is 29.0 Å². The molecule has 28 heavy (non-hydrogen) atoms. The highest BCUT2D eigenvalue weighted by Gasteiger charge is 2.35. The van der Waals surface area contributed by atoms with Gasteiger partial charge in [-0.15, -0.1) is 0 Å². The molecule has 0 spiro atoms. The van der Waals surface area contributed by atoms with E-state index >= 15 is 0 Å². The normalized spacial score (nSPS) is 18.3. The zero-order chi connectivity index (χ0) is 19.5. The number of benzene rings is 2. The number of rotatable bonds is 6. The van der Waals surface area contributed by atoms with Gasteiger partial charge in [0.1, 0.15) is 12.4 Å². The number of esters is 1. The standard InChI is InChI=1S/C21H19NO6/c23-19-17-5-1-2-6-18(17)20(24)22(19)13-28-21(25)14-7-9-15(10-8-14)27-12-16-4-3-11-26-16/h1-2,5-10,16H,3-4,11-13H2. The fourth-order valence-corrected chi connectivity index (χ4v) is 3.22. The fraction of sp³-hybridized carbons (Fsp3) is 0.286. The Kier molecular flexibility index (Phi) is 5.08. The highest BCUT2D eigenvalue weighted by atomic mass is 16.5. The quantitative estimate of drug-likeness (QED) is 0.565. The van der Waals surface area contributed by atoms with E-state index in [0.717, 1.165) is 24.3 Å². The van der Waals surface area contributed by atoms with Gasteiger partial charge in [-0.3, -0.25) is 9.59 Å². The van der Waals surface area contributed by atoms with E-state index in [1.165, 1.54) is 0 Å². The lowest BCUT2D eigenvalue weighted by Gasteiger charge is -2.14. The summed E-state index contributed by atoms with van der Waals surface area (Å²) in [6, 6.07) is 13.0. The van der Waals surface area contributed by atoms with Crippen LogP contribution < -0.4 is 4.74 Å². The van der Waals surface area contributed by atoms with Crippen molar-refractivity contribution < 1.29 is 28.6 Å². The molecule has 4 rings (SSSR count). The second-order valence-corrected chi connectivity index (χ2v) is 6.62. The summed E-state index contributed by atoms with van der Waals surface area (Å²) in [5.41, 5.74) is 0.939. The summed E-state index contributed by atoms with van der Waals surface area (Å²) in [7, 11) is 0. The summed E-state index contributed by atoms with van der Waals surface area (Å²) < 4.78 is 16.3. The number of hydrogen-bond donors (Lipinski definition) is 0. The van der Waals surface area contributed by atoms with E-state index in [1.807, 2.05) is 0 Å². The number of imide groups is 1. The molecular formula is C21H19NO6. The lowest BCUT2D eigenvalue weighted by atomic mass is 10.1. The molecule has 7 heteroatoms. The van der Waals surface area contributed by atoms with Crippen molar-refractivity contribution in [3.8, 4) is 5.75 Å². The van der Waals surface area contributed by atoms with E-state index in [1.54, 1.807) is 48.5 Å². The smallest absolute Gasteiger partial charge is 0.339 e. The summed E-state index contributed by atoms with van der Waals surface area (Å²) in [5.74, 6) is -0.924. The average Bonchev–Trinajstić information content (AvgIpc) is 3.33. The zero-order valence-electron chi connectivity index (χ0n) is 15.1. The first-order chi connectivity index (χ1) is 13.6. The Balaban J connectivity index is 1.31. The third-order valence-electron chi connectivity index (χ3n) is 4.75. The molecule has 144 valence electrons. The van der Waals surface area contributed by atoms with E-state index < -0.39 is 24.5 Å². The third-order valence-corrected chi connectivity index (χ3v) is 4.75. The maximum absolute atomic E-state index is 12.3. The molecule has 0 aliphatic carbocycles. The van der Waals surface area contributed by atoms with Gasteiger partial charge in [-0.1, -0.05) is 12.1 Å². The van der Waals surface area contributed by atoms with Crippen LogP contribution in [0.25, 0.3) is 0 Å². The van der Waals surface area contributed by atoms with Gasteiger partial charge in [0.25, 0.3) is 11.8 Å². The van der Waals surface area contributed by atoms with Gasteiger partial charge < -0.3 is 14.2 Å². The molecule has 0 saturated carbocycles. The molecule has 1 fully saturated rings. The number of ether oxygens (including phenoxy) is 3. The molecule has 2 aliphatic heterocycles. The molecule has 1 atom stereocenters. The number of amides is 2. The number of carbonyl (C=O) groups is 3. The van der Waals surface area contributed by atoms with Gasteiger partial charge in [0.2, 0.25) is 0 Å². The minimum Gasteiger partial charge on any atom is -0.491 e. The largest absolute Gasteiger partial charge is 0.491 e. The molecule has 2 aromatic rings. The second-order valence-electron chi connectivity index (χ2n) is 6.62. The topological polar surface area (TPSA) is 82.1 Å². The lowest BCUT2D eigenvalue weighted by molar-refractivity contribution is 0.0228. The zero-order valence-corrected chi connectivity index (χ0v) is 15.1. The molecule has 0 radical (unpaired) electrons. The summed E-state index contributed by atoms with van der Waals surface area (Å²) in [6.45, 7) is 0.817. The molecule has 0 bridgehead atoms. The Labute approximate surface area is 161 Å². The summed E-state index contributed by atoms with van der Waals surface area (Å²) >= 11 is 0. The minimum atomic E-state index is -0.623. The molecule has 2 aliphatic rings. The Morgan fingerprint density at radius 3 is 2.32 bits per heavy atom. The Morgan fingerprint density at radius 1 is 1.04 bits per heavy atom. The molecule has 2 aromatic carbocycles. The van der Waals surface area contributed by atoms with Crippen molar-refractivity contribution in [2.45, 2.75) is 18.9 Å².